The number of carbonyl (C=O) groups excluding carboxylic acids is 1. The largest absolute Gasteiger partial charge is 0.756 e. The van der Waals surface area contributed by atoms with Gasteiger partial charge in [0.2, 0.25) is 0 Å². The zero-order chi connectivity index (χ0) is 42.7. The third kappa shape index (κ3) is 46.6. The predicted octanol–water partition coefficient (Wildman–Crippen LogP) is 14.6. The highest BCUT2D eigenvalue weighted by atomic mass is 31.2. The molecule has 0 radical (unpaired) electrons. The van der Waals surface area contributed by atoms with Gasteiger partial charge < -0.3 is 27.9 Å². The van der Waals surface area contributed by atoms with Crippen LogP contribution in [0.15, 0.2) is 0 Å². The number of rotatable bonds is 48. The SMILES string of the molecule is CCCCCCCCCCCCCCCCCCCCCCCCCCCOCC(COP(=O)([O-])OCC[N+](C)(C)C)OC(=O)CCCCCCCCCCCCC. The molecule has 58 heavy (non-hydrogen) atoms. The van der Waals surface area contributed by atoms with Gasteiger partial charge in [0.25, 0.3) is 7.82 Å². The van der Waals surface area contributed by atoms with E-state index in [0.717, 1.165) is 32.1 Å². The summed E-state index contributed by atoms with van der Waals surface area (Å²) in [6, 6.07) is 0. The third-order valence-corrected chi connectivity index (χ3v) is 12.4. The van der Waals surface area contributed by atoms with Crippen LogP contribution < -0.4 is 4.89 Å². The van der Waals surface area contributed by atoms with E-state index in [2.05, 4.69) is 13.8 Å². The minimum absolute atomic E-state index is 0.0314. The van der Waals surface area contributed by atoms with Crippen LogP contribution in [-0.4, -0.2) is 70.7 Å². The Balaban J connectivity index is 3.96. The maximum Gasteiger partial charge on any atom is 0.306 e. The summed E-state index contributed by atoms with van der Waals surface area (Å²) in [5, 5.41) is 0. The Morgan fingerprint density at radius 2 is 0.793 bits per heavy atom. The molecule has 0 N–H and O–H groups in total. The van der Waals surface area contributed by atoms with Crippen molar-refractivity contribution < 1.29 is 37.3 Å². The smallest absolute Gasteiger partial charge is 0.306 e. The number of hydrogen-bond donors (Lipinski definition) is 0. The first kappa shape index (κ1) is 57.5. The van der Waals surface area contributed by atoms with Gasteiger partial charge in [-0.05, 0) is 12.8 Å². The normalized spacial score (nSPS) is 13.6. The molecule has 0 aromatic rings. The highest BCUT2D eigenvalue weighted by molar-refractivity contribution is 7.45. The van der Waals surface area contributed by atoms with Crippen LogP contribution in [0.3, 0.4) is 0 Å². The van der Waals surface area contributed by atoms with Crippen LogP contribution >= 0.6 is 7.82 Å². The lowest BCUT2D eigenvalue weighted by molar-refractivity contribution is -0.870. The van der Waals surface area contributed by atoms with Gasteiger partial charge in [-0.25, -0.2) is 0 Å². The number of carbonyl (C=O) groups is 1. The summed E-state index contributed by atoms with van der Waals surface area (Å²) in [4.78, 5) is 25.0. The Hall–Kier alpha value is -0.500. The molecule has 9 heteroatoms. The van der Waals surface area contributed by atoms with Crippen molar-refractivity contribution in [3.63, 3.8) is 0 Å². The first-order valence-electron chi connectivity index (χ1n) is 25.3. The third-order valence-electron chi connectivity index (χ3n) is 11.4. The molecule has 0 aliphatic heterocycles. The van der Waals surface area contributed by atoms with Gasteiger partial charge in [-0.2, -0.15) is 0 Å². The first-order valence-corrected chi connectivity index (χ1v) is 26.7. The van der Waals surface area contributed by atoms with Crippen LogP contribution in [-0.2, 0) is 27.9 Å². The summed E-state index contributed by atoms with van der Waals surface area (Å²) in [6.45, 7) is 5.47. The fraction of sp³-hybridized carbons (Fsp3) is 0.980. The van der Waals surface area contributed by atoms with Crippen molar-refractivity contribution in [1.82, 2.24) is 0 Å². The summed E-state index contributed by atoms with van der Waals surface area (Å²) in [5.41, 5.74) is 0. The van der Waals surface area contributed by atoms with Gasteiger partial charge in [0.15, 0.2) is 0 Å². The van der Waals surface area contributed by atoms with Crippen molar-refractivity contribution in [3.8, 4) is 0 Å². The second-order valence-corrected chi connectivity index (χ2v) is 20.0. The molecular weight excluding hydrogens is 746 g/mol. The maximum atomic E-state index is 12.7. The Labute approximate surface area is 361 Å². The lowest BCUT2D eigenvalue weighted by atomic mass is 10.0. The predicted molar refractivity (Wildman–Crippen MR) is 245 cm³/mol. The topological polar surface area (TPSA) is 94.1 Å². The fourth-order valence-corrected chi connectivity index (χ4v) is 8.22. The van der Waals surface area contributed by atoms with E-state index in [4.69, 9.17) is 18.5 Å². The zero-order valence-corrected chi connectivity index (χ0v) is 40.4. The van der Waals surface area contributed by atoms with Crippen LogP contribution in [0.4, 0.5) is 0 Å². The van der Waals surface area contributed by atoms with Crippen LogP contribution in [0.1, 0.15) is 251 Å². The molecule has 0 rings (SSSR count). The van der Waals surface area contributed by atoms with Gasteiger partial charge in [0, 0.05) is 13.0 Å². The Bertz CT molecular complexity index is 899. The second-order valence-electron chi connectivity index (χ2n) is 18.5. The molecule has 0 saturated heterocycles. The van der Waals surface area contributed by atoms with Crippen molar-refractivity contribution in [3.05, 3.63) is 0 Å². The number of esters is 1. The number of phosphoric acid groups is 1. The molecular formula is C49H100NO7P. The highest BCUT2D eigenvalue weighted by Crippen LogP contribution is 2.38. The van der Waals surface area contributed by atoms with Crippen LogP contribution in [0, 0.1) is 0 Å². The molecule has 0 aromatic carbocycles. The number of unbranched alkanes of at least 4 members (excludes halogenated alkanes) is 34. The number of quaternary nitrogens is 1. The fourth-order valence-electron chi connectivity index (χ4n) is 7.49. The molecule has 0 aromatic heterocycles. The molecule has 0 bridgehead atoms. The molecule has 348 valence electrons. The van der Waals surface area contributed by atoms with Crippen LogP contribution in [0.5, 0.6) is 0 Å². The quantitative estimate of drug-likeness (QED) is 0.0260. The van der Waals surface area contributed by atoms with E-state index in [1.165, 1.54) is 199 Å². The number of likely N-dealkylation sites (N-methyl/N-ethyl adjacent to an activating group) is 1. The molecule has 0 amide bonds. The highest BCUT2D eigenvalue weighted by Gasteiger charge is 2.20. The van der Waals surface area contributed by atoms with E-state index in [-0.39, 0.29) is 25.8 Å². The zero-order valence-electron chi connectivity index (χ0n) is 39.5. The van der Waals surface area contributed by atoms with E-state index in [1.807, 2.05) is 21.1 Å². The van der Waals surface area contributed by atoms with Crippen molar-refractivity contribution in [2.45, 2.75) is 258 Å². The van der Waals surface area contributed by atoms with E-state index >= 15 is 0 Å². The summed E-state index contributed by atoms with van der Waals surface area (Å²) >= 11 is 0. The number of phosphoric ester groups is 1. The molecule has 2 unspecified atom stereocenters. The first-order chi connectivity index (χ1) is 28.1. The van der Waals surface area contributed by atoms with Crippen molar-refractivity contribution in [1.29, 1.82) is 0 Å². The monoisotopic (exact) mass is 846 g/mol. The average molecular weight is 846 g/mol. The summed E-state index contributed by atoms with van der Waals surface area (Å²) in [7, 11) is 1.38. The molecule has 0 spiro atoms. The average Bonchev–Trinajstić information content (AvgIpc) is 3.18. The van der Waals surface area contributed by atoms with Crippen molar-refractivity contribution >= 4 is 13.8 Å². The van der Waals surface area contributed by atoms with Gasteiger partial charge in [-0.1, -0.05) is 232 Å². The Morgan fingerprint density at radius 1 is 0.466 bits per heavy atom. The standard InChI is InChI=1S/C49H100NO7P/c1-6-8-10-12-14-16-18-19-20-21-22-23-24-25-26-27-28-29-30-31-33-35-37-39-41-44-54-46-48(47-56-58(52,53)55-45-43-50(3,4)5)57-49(51)42-40-38-36-34-32-17-15-13-11-9-7-2/h48H,6-47H2,1-5H3. The lowest BCUT2D eigenvalue weighted by Crippen LogP contribution is -2.37. The van der Waals surface area contributed by atoms with Crippen LogP contribution in [0.2, 0.25) is 0 Å². The van der Waals surface area contributed by atoms with Crippen LogP contribution in [0.25, 0.3) is 0 Å². The van der Waals surface area contributed by atoms with Gasteiger partial charge in [-0.15, -0.1) is 0 Å². The molecule has 0 aliphatic rings. The molecule has 0 aliphatic carbocycles. The van der Waals surface area contributed by atoms with E-state index < -0.39 is 13.9 Å². The number of nitrogens with zero attached hydrogens (tertiary/aromatic N) is 1. The summed E-state index contributed by atoms with van der Waals surface area (Å²) in [6.07, 6.45) is 47.1. The Kier molecular flexibility index (Phi) is 42.8. The molecule has 0 fully saturated rings. The maximum absolute atomic E-state index is 12.7. The lowest BCUT2D eigenvalue weighted by Gasteiger charge is -2.28. The molecule has 2 atom stereocenters. The van der Waals surface area contributed by atoms with Crippen molar-refractivity contribution in [2.24, 2.45) is 0 Å². The minimum Gasteiger partial charge on any atom is -0.756 e. The van der Waals surface area contributed by atoms with E-state index in [9.17, 15) is 14.3 Å². The number of ether oxygens (including phenoxy) is 2. The second kappa shape index (κ2) is 43.2. The molecule has 0 saturated carbocycles. The van der Waals surface area contributed by atoms with E-state index in [0.29, 0.717) is 24.1 Å². The van der Waals surface area contributed by atoms with Gasteiger partial charge in [0.05, 0.1) is 34.4 Å². The van der Waals surface area contributed by atoms with Gasteiger partial charge in [-0.3, -0.25) is 9.36 Å². The van der Waals surface area contributed by atoms with Crippen molar-refractivity contribution in [2.75, 3.05) is 54.1 Å². The Morgan fingerprint density at radius 3 is 1.14 bits per heavy atom. The number of hydrogen-bond acceptors (Lipinski definition) is 7. The van der Waals surface area contributed by atoms with Gasteiger partial charge in [0.1, 0.15) is 19.3 Å². The molecule has 8 nitrogen and oxygen atoms in total. The van der Waals surface area contributed by atoms with E-state index in [1.54, 1.807) is 0 Å². The summed E-state index contributed by atoms with van der Waals surface area (Å²) < 4.78 is 34.7. The molecule has 0 heterocycles. The minimum atomic E-state index is -4.52. The van der Waals surface area contributed by atoms with Gasteiger partial charge >= 0.3 is 5.97 Å². The summed E-state index contributed by atoms with van der Waals surface area (Å²) in [5.74, 6) is -0.329.